The molecule has 0 radical (unpaired) electrons. The first-order valence-corrected chi connectivity index (χ1v) is 6.54. The first-order valence-electron chi connectivity index (χ1n) is 6.54. The van der Waals surface area contributed by atoms with E-state index in [1.165, 1.54) is 12.1 Å². The molecule has 2 aliphatic rings. The summed E-state index contributed by atoms with van der Waals surface area (Å²) in [5.74, 6) is -2.64. The van der Waals surface area contributed by atoms with E-state index in [1.54, 1.807) is 12.1 Å². The smallest absolute Gasteiger partial charge is 0.310 e. The molecule has 0 saturated carbocycles. The molecule has 1 amide bonds. The fourth-order valence-corrected chi connectivity index (χ4v) is 3.09. The van der Waals surface area contributed by atoms with Crippen LogP contribution in [-0.2, 0) is 14.3 Å². The normalized spacial score (nSPS) is 31.2. The Kier molecular flexibility index (Phi) is 3.10. The number of ether oxygens (including phenoxy) is 1. The van der Waals surface area contributed by atoms with Crippen LogP contribution in [0.2, 0.25) is 0 Å². The largest absolute Gasteiger partial charge is 0.508 e. The van der Waals surface area contributed by atoms with Crippen molar-refractivity contribution in [3.05, 3.63) is 24.3 Å². The number of hydrogen-bond acceptors (Lipinski definition) is 4. The number of benzene rings is 1. The second kappa shape index (κ2) is 4.79. The van der Waals surface area contributed by atoms with Gasteiger partial charge in [-0.05, 0) is 37.1 Å². The molecule has 0 aromatic heterocycles. The highest BCUT2D eigenvalue weighted by Gasteiger charge is 2.55. The summed E-state index contributed by atoms with van der Waals surface area (Å²) in [4.78, 5) is 23.6. The van der Waals surface area contributed by atoms with Crippen molar-refractivity contribution in [1.29, 1.82) is 0 Å². The number of nitrogens with one attached hydrogen (secondary N) is 1. The fraction of sp³-hybridized carbons (Fsp3) is 0.429. The Hall–Kier alpha value is -2.08. The summed E-state index contributed by atoms with van der Waals surface area (Å²) in [6.45, 7) is 0. The quantitative estimate of drug-likeness (QED) is 0.722. The monoisotopic (exact) mass is 277 g/mol. The highest BCUT2D eigenvalue weighted by atomic mass is 16.5. The Labute approximate surface area is 115 Å². The molecule has 20 heavy (non-hydrogen) atoms. The first-order chi connectivity index (χ1) is 9.56. The summed E-state index contributed by atoms with van der Waals surface area (Å²) in [5.41, 5.74) is 0.528. The number of fused-ring (bicyclic) bond motifs is 2. The first kappa shape index (κ1) is 12.9. The zero-order valence-electron chi connectivity index (χ0n) is 10.7. The number of rotatable bonds is 3. The van der Waals surface area contributed by atoms with Gasteiger partial charge in [-0.2, -0.15) is 0 Å². The van der Waals surface area contributed by atoms with E-state index in [-0.39, 0.29) is 23.9 Å². The van der Waals surface area contributed by atoms with Crippen LogP contribution >= 0.6 is 0 Å². The number of carboxylic acid groups (broad SMARTS) is 1. The number of anilines is 1. The summed E-state index contributed by atoms with van der Waals surface area (Å²) in [5, 5.41) is 21.1. The van der Waals surface area contributed by atoms with Crippen molar-refractivity contribution >= 4 is 17.6 Å². The number of aliphatic carboxylic acids is 1. The molecule has 106 valence electrons. The zero-order valence-corrected chi connectivity index (χ0v) is 10.7. The lowest BCUT2D eigenvalue weighted by Gasteiger charge is -2.23. The minimum Gasteiger partial charge on any atom is -0.508 e. The fourth-order valence-electron chi connectivity index (χ4n) is 3.09. The number of carbonyl (C=O) groups excluding carboxylic acids is 1. The molecule has 2 bridgehead atoms. The molecule has 0 unspecified atom stereocenters. The molecule has 1 aromatic carbocycles. The maximum absolute atomic E-state index is 12.3. The van der Waals surface area contributed by atoms with Crippen molar-refractivity contribution in [2.75, 3.05) is 5.32 Å². The molecule has 1 aromatic rings. The van der Waals surface area contributed by atoms with Crippen LogP contribution in [0.4, 0.5) is 5.69 Å². The molecule has 2 saturated heterocycles. The topological polar surface area (TPSA) is 95.9 Å². The molecule has 6 heteroatoms. The van der Waals surface area contributed by atoms with Crippen molar-refractivity contribution in [2.45, 2.75) is 25.0 Å². The van der Waals surface area contributed by atoms with Crippen molar-refractivity contribution in [1.82, 2.24) is 0 Å². The van der Waals surface area contributed by atoms with E-state index in [2.05, 4.69) is 5.32 Å². The maximum Gasteiger partial charge on any atom is 0.310 e. The van der Waals surface area contributed by atoms with Gasteiger partial charge in [-0.3, -0.25) is 9.59 Å². The van der Waals surface area contributed by atoms with Gasteiger partial charge in [-0.25, -0.2) is 0 Å². The van der Waals surface area contributed by atoms with Crippen LogP contribution in [0.1, 0.15) is 12.8 Å². The molecule has 6 nitrogen and oxygen atoms in total. The standard InChI is InChI=1S/C14H15NO5/c16-8-3-1-7(2-4-8)15-13(17)11-9-5-6-10(20-9)12(11)14(18)19/h1-4,9-12,16H,5-6H2,(H,15,17)(H,18,19)/t9-,10+,11+,12-/m0/s1. The summed E-state index contributed by atoms with van der Waals surface area (Å²) < 4.78 is 5.56. The Bertz CT molecular complexity index is 541. The van der Waals surface area contributed by atoms with Crippen LogP contribution in [0.5, 0.6) is 5.75 Å². The van der Waals surface area contributed by atoms with Gasteiger partial charge in [-0.15, -0.1) is 0 Å². The molecule has 2 fully saturated rings. The van der Waals surface area contributed by atoms with E-state index in [0.717, 1.165) is 6.42 Å². The number of carbonyl (C=O) groups is 2. The third kappa shape index (κ3) is 2.12. The Morgan fingerprint density at radius 2 is 1.70 bits per heavy atom. The minimum absolute atomic E-state index is 0.106. The van der Waals surface area contributed by atoms with Gasteiger partial charge in [0.1, 0.15) is 5.75 Å². The van der Waals surface area contributed by atoms with E-state index in [9.17, 15) is 19.8 Å². The molecular formula is C14H15NO5. The lowest BCUT2D eigenvalue weighted by Crippen LogP contribution is -2.40. The molecular weight excluding hydrogens is 262 g/mol. The maximum atomic E-state index is 12.3. The second-order valence-electron chi connectivity index (χ2n) is 5.22. The molecule has 0 spiro atoms. The minimum atomic E-state index is -0.983. The third-order valence-electron chi connectivity index (χ3n) is 4.00. The number of amides is 1. The van der Waals surface area contributed by atoms with Crippen molar-refractivity contribution in [2.24, 2.45) is 11.8 Å². The van der Waals surface area contributed by atoms with E-state index in [1.807, 2.05) is 0 Å². The van der Waals surface area contributed by atoms with Gasteiger partial charge >= 0.3 is 5.97 Å². The number of phenolic OH excluding ortho intramolecular Hbond substituents is 1. The van der Waals surface area contributed by atoms with Gasteiger partial charge in [0.05, 0.1) is 24.0 Å². The van der Waals surface area contributed by atoms with E-state index in [0.29, 0.717) is 12.1 Å². The van der Waals surface area contributed by atoms with Crippen LogP contribution in [0.3, 0.4) is 0 Å². The summed E-state index contributed by atoms with van der Waals surface area (Å²) >= 11 is 0. The molecule has 3 rings (SSSR count). The van der Waals surface area contributed by atoms with Gasteiger partial charge in [0.15, 0.2) is 0 Å². The van der Waals surface area contributed by atoms with Crippen LogP contribution in [0, 0.1) is 11.8 Å². The van der Waals surface area contributed by atoms with E-state index in [4.69, 9.17) is 4.74 Å². The van der Waals surface area contributed by atoms with Gasteiger partial charge < -0.3 is 20.3 Å². The second-order valence-corrected chi connectivity index (χ2v) is 5.22. The summed E-state index contributed by atoms with van der Waals surface area (Å²) in [7, 11) is 0. The van der Waals surface area contributed by atoms with Crippen LogP contribution < -0.4 is 5.32 Å². The number of phenols is 1. The Morgan fingerprint density at radius 1 is 1.10 bits per heavy atom. The summed E-state index contributed by atoms with van der Waals surface area (Å²) in [6.07, 6.45) is 0.762. The zero-order chi connectivity index (χ0) is 14.3. The lowest BCUT2D eigenvalue weighted by molar-refractivity contribution is -0.147. The molecule has 2 heterocycles. The van der Waals surface area contributed by atoms with Gasteiger partial charge in [0, 0.05) is 5.69 Å². The predicted octanol–water partition coefficient (Wildman–Crippen LogP) is 1.21. The average molecular weight is 277 g/mol. The summed E-state index contributed by atoms with van der Waals surface area (Å²) in [6, 6.07) is 6.05. The van der Waals surface area contributed by atoms with Crippen molar-refractivity contribution in [3.63, 3.8) is 0 Å². The molecule has 0 aliphatic carbocycles. The Balaban J connectivity index is 1.76. The van der Waals surface area contributed by atoms with Crippen LogP contribution in [0.15, 0.2) is 24.3 Å². The van der Waals surface area contributed by atoms with E-state index >= 15 is 0 Å². The number of hydrogen-bond donors (Lipinski definition) is 3. The van der Waals surface area contributed by atoms with Crippen LogP contribution in [-0.4, -0.2) is 34.3 Å². The van der Waals surface area contributed by atoms with Gasteiger partial charge in [-0.1, -0.05) is 0 Å². The van der Waals surface area contributed by atoms with Crippen LogP contribution in [0.25, 0.3) is 0 Å². The third-order valence-corrected chi connectivity index (χ3v) is 4.00. The average Bonchev–Trinajstić information content (AvgIpc) is 3.01. The molecule has 2 aliphatic heterocycles. The highest BCUT2D eigenvalue weighted by molar-refractivity contribution is 5.96. The van der Waals surface area contributed by atoms with E-state index < -0.39 is 17.8 Å². The highest BCUT2D eigenvalue weighted by Crippen LogP contribution is 2.44. The van der Waals surface area contributed by atoms with Gasteiger partial charge in [0.2, 0.25) is 5.91 Å². The molecule has 3 N–H and O–H groups in total. The van der Waals surface area contributed by atoms with Gasteiger partial charge in [0.25, 0.3) is 0 Å². The van der Waals surface area contributed by atoms with Crippen molar-refractivity contribution in [3.8, 4) is 5.75 Å². The molecule has 4 atom stereocenters. The SMILES string of the molecule is O=C(O)[C@@H]1[C@H](C(=O)Nc2ccc(O)cc2)[C@@H]2CC[C@H]1O2. The predicted molar refractivity (Wildman–Crippen MR) is 69.2 cm³/mol. The lowest BCUT2D eigenvalue weighted by atomic mass is 9.78. The number of aromatic hydroxyl groups is 1. The number of carboxylic acids is 1. The van der Waals surface area contributed by atoms with Crippen molar-refractivity contribution < 1.29 is 24.5 Å². The Morgan fingerprint density at radius 3 is 2.30 bits per heavy atom.